The van der Waals surface area contributed by atoms with E-state index >= 15 is 0 Å². The third-order valence-corrected chi connectivity index (χ3v) is 3.32. The summed E-state index contributed by atoms with van der Waals surface area (Å²) in [7, 11) is 0. The zero-order valence-electron chi connectivity index (χ0n) is 10.4. The number of nitrogens with zero attached hydrogens (tertiary/aromatic N) is 3. The molecule has 3 rings (SSSR count). The number of rotatable bonds is 4. The topological polar surface area (TPSA) is 66.5 Å². The van der Waals surface area contributed by atoms with Crippen LogP contribution in [0.15, 0.2) is 41.7 Å². The Balaban J connectivity index is 1.89. The van der Waals surface area contributed by atoms with Crippen molar-refractivity contribution < 1.29 is 0 Å². The molecule has 3 aromatic rings. The highest BCUT2D eigenvalue weighted by atomic mass is 32.2. The molecule has 0 unspecified atom stereocenters. The molecule has 0 bridgehead atoms. The first kappa shape index (κ1) is 12.0. The van der Waals surface area contributed by atoms with Gasteiger partial charge in [-0.1, -0.05) is 42.1 Å². The number of thioether (sulfide) groups is 1. The van der Waals surface area contributed by atoms with Crippen molar-refractivity contribution in [3.8, 4) is 0 Å². The average molecular weight is 271 g/mol. The number of hydrogen-bond acceptors (Lipinski definition) is 5. The van der Waals surface area contributed by atoms with Crippen LogP contribution in [0.25, 0.3) is 11.0 Å². The first-order valence-electron chi connectivity index (χ1n) is 5.90. The smallest absolute Gasteiger partial charge is 0.191 e. The van der Waals surface area contributed by atoms with Gasteiger partial charge in [-0.25, -0.2) is 9.97 Å². The first-order valence-corrected chi connectivity index (χ1v) is 7.12. The monoisotopic (exact) mass is 271 g/mol. The summed E-state index contributed by atoms with van der Waals surface area (Å²) >= 11 is 1.51. The predicted molar refractivity (Wildman–Crippen MR) is 77.2 cm³/mol. The maximum atomic E-state index is 4.49. The Morgan fingerprint density at radius 2 is 2.05 bits per heavy atom. The minimum absolute atomic E-state index is 0.728. The van der Waals surface area contributed by atoms with Gasteiger partial charge in [-0.3, -0.25) is 5.10 Å². The van der Waals surface area contributed by atoms with E-state index in [0.717, 1.165) is 28.6 Å². The van der Waals surface area contributed by atoms with Gasteiger partial charge in [0.1, 0.15) is 5.82 Å². The molecule has 0 saturated carbocycles. The fourth-order valence-corrected chi connectivity index (χ4v) is 2.19. The van der Waals surface area contributed by atoms with E-state index in [4.69, 9.17) is 0 Å². The molecule has 0 aliphatic carbocycles. The van der Waals surface area contributed by atoms with Crippen LogP contribution < -0.4 is 5.32 Å². The van der Waals surface area contributed by atoms with Crippen molar-refractivity contribution in [1.82, 2.24) is 20.2 Å². The van der Waals surface area contributed by atoms with Crippen molar-refractivity contribution >= 4 is 28.6 Å². The number of hydrogen-bond donors (Lipinski definition) is 2. The van der Waals surface area contributed by atoms with Crippen molar-refractivity contribution in [1.29, 1.82) is 0 Å². The highest BCUT2D eigenvalue weighted by Gasteiger charge is 2.08. The molecule has 1 aromatic carbocycles. The minimum Gasteiger partial charge on any atom is -0.365 e. The summed E-state index contributed by atoms with van der Waals surface area (Å²) in [6.45, 7) is 0.728. The summed E-state index contributed by atoms with van der Waals surface area (Å²) in [5.74, 6) is 0.812. The Hall–Kier alpha value is -2.08. The van der Waals surface area contributed by atoms with Crippen molar-refractivity contribution in [2.75, 3.05) is 11.6 Å². The molecule has 0 amide bonds. The third-order valence-electron chi connectivity index (χ3n) is 2.77. The van der Waals surface area contributed by atoms with E-state index in [1.807, 2.05) is 24.5 Å². The summed E-state index contributed by atoms with van der Waals surface area (Å²) in [6, 6.07) is 10.2. The van der Waals surface area contributed by atoms with Crippen LogP contribution in [0.3, 0.4) is 0 Å². The molecule has 0 aliphatic rings. The zero-order valence-corrected chi connectivity index (χ0v) is 11.2. The van der Waals surface area contributed by atoms with Gasteiger partial charge in [0, 0.05) is 6.54 Å². The number of aromatic amines is 1. The first-order chi connectivity index (χ1) is 9.36. The van der Waals surface area contributed by atoms with Gasteiger partial charge in [0.15, 0.2) is 10.8 Å². The van der Waals surface area contributed by atoms with E-state index in [0.29, 0.717) is 0 Å². The average Bonchev–Trinajstić information content (AvgIpc) is 2.94. The molecule has 0 spiro atoms. The normalized spacial score (nSPS) is 10.8. The van der Waals surface area contributed by atoms with Crippen LogP contribution in [0.2, 0.25) is 0 Å². The predicted octanol–water partition coefficient (Wildman–Crippen LogP) is 2.69. The molecule has 2 aromatic heterocycles. The lowest BCUT2D eigenvalue weighted by molar-refractivity contribution is 0.972. The summed E-state index contributed by atoms with van der Waals surface area (Å²) in [4.78, 5) is 8.85. The summed E-state index contributed by atoms with van der Waals surface area (Å²) in [5.41, 5.74) is 1.97. The molecule has 0 atom stereocenters. The van der Waals surface area contributed by atoms with Crippen molar-refractivity contribution in [2.24, 2.45) is 0 Å². The maximum Gasteiger partial charge on any atom is 0.191 e. The van der Waals surface area contributed by atoms with Crippen LogP contribution >= 0.6 is 11.8 Å². The largest absolute Gasteiger partial charge is 0.365 e. The molecule has 19 heavy (non-hydrogen) atoms. The third kappa shape index (κ3) is 2.53. The van der Waals surface area contributed by atoms with Crippen molar-refractivity contribution in [2.45, 2.75) is 11.7 Å². The van der Waals surface area contributed by atoms with E-state index < -0.39 is 0 Å². The Labute approximate surface area is 114 Å². The van der Waals surface area contributed by atoms with Crippen LogP contribution in [0.5, 0.6) is 0 Å². The van der Waals surface area contributed by atoms with E-state index in [2.05, 4.69) is 37.6 Å². The molecule has 0 radical (unpaired) electrons. The Morgan fingerprint density at radius 3 is 2.84 bits per heavy atom. The lowest BCUT2D eigenvalue weighted by Crippen LogP contribution is -2.03. The second-order valence-electron chi connectivity index (χ2n) is 4.03. The van der Waals surface area contributed by atoms with Crippen LogP contribution in [0.1, 0.15) is 5.56 Å². The molecule has 2 heterocycles. The Morgan fingerprint density at radius 1 is 1.21 bits per heavy atom. The SMILES string of the molecule is CSc1nc(NCc2ccccc2)c2cn[nH]c2n1. The molecule has 96 valence electrons. The second-order valence-corrected chi connectivity index (χ2v) is 4.80. The number of anilines is 1. The fraction of sp³-hybridized carbons (Fsp3) is 0.154. The lowest BCUT2D eigenvalue weighted by Gasteiger charge is -2.07. The van der Waals surface area contributed by atoms with Gasteiger partial charge >= 0.3 is 0 Å². The Bertz CT molecular complexity index is 680. The quantitative estimate of drug-likeness (QED) is 0.564. The number of nitrogens with one attached hydrogen (secondary N) is 2. The second kappa shape index (κ2) is 5.27. The maximum absolute atomic E-state index is 4.49. The van der Waals surface area contributed by atoms with Gasteiger partial charge < -0.3 is 5.32 Å². The van der Waals surface area contributed by atoms with Gasteiger partial charge in [-0.2, -0.15) is 5.10 Å². The molecule has 6 heteroatoms. The fourth-order valence-electron chi connectivity index (χ4n) is 1.82. The lowest BCUT2D eigenvalue weighted by atomic mass is 10.2. The highest BCUT2D eigenvalue weighted by molar-refractivity contribution is 7.98. The number of fused-ring (bicyclic) bond motifs is 1. The molecule has 0 fully saturated rings. The molecule has 5 nitrogen and oxygen atoms in total. The van der Waals surface area contributed by atoms with Gasteiger partial charge in [0.05, 0.1) is 11.6 Å². The van der Waals surface area contributed by atoms with Crippen molar-refractivity contribution in [3.63, 3.8) is 0 Å². The standard InChI is InChI=1S/C13H13N5S/c1-19-13-16-11(10-8-15-18-12(10)17-13)14-7-9-5-3-2-4-6-9/h2-6,8H,7H2,1H3,(H2,14,15,16,17,18). The Kier molecular flexibility index (Phi) is 3.33. The van der Waals surface area contributed by atoms with Crippen LogP contribution in [-0.4, -0.2) is 26.4 Å². The molecule has 0 saturated heterocycles. The van der Waals surface area contributed by atoms with E-state index in [9.17, 15) is 0 Å². The molecule has 2 N–H and O–H groups in total. The molecule has 0 aliphatic heterocycles. The van der Waals surface area contributed by atoms with E-state index in [1.54, 1.807) is 6.20 Å². The number of benzene rings is 1. The summed E-state index contributed by atoms with van der Waals surface area (Å²) in [6.07, 6.45) is 3.70. The number of H-pyrrole nitrogens is 1. The number of aromatic nitrogens is 4. The molecular weight excluding hydrogens is 258 g/mol. The van der Waals surface area contributed by atoms with Crippen LogP contribution in [0.4, 0.5) is 5.82 Å². The van der Waals surface area contributed by atoms with Crippen molar-refractivity contribution in [3.05, 3.63) is 42.1 Å². The van der Waals surface area contributed by atoms with Gasteiger partial charge in [0.2, 0.25) is 0 Å². The zero-order chi connectivity index (χ0) is 13.1. The van der Waals surface area contributed by atoms with Gasteiger partial charge in [-0.05, 0) is 11.8 Å². The van der Waals surface area contributed by atoms with E-state index in [1.165, 1.54) is 17.3 Å². The highest BCUT2D eigenvalue weighted by Crippen LogP contribution is 2.22. The summed E-state index contributed by atoms with van der Waals surface area (Å²) in [5, 5.41) is 11.9. The van der Waals surface area contributed by atoms with E-state index in [-0.39, 0.29) is 0 Å². The van der Waals surface area contributed by atoms with Gasteiger partial charge in [0.25, 0.3) is 0 Å². The van der Waals surface area contributed by atoms with Crippen LogP contribution in [0, 0.1) is 0 Å². The molecular formula is C13H13N5S. The van der Waals surface area contributed by atoms with Crippen LogP contribution in [-0.2, 0) is 6.54 Å². The minimum atomic E-state index is 0.728. The van der Waals surface area contributed by atoms with Gasteiger partial charge in [-0.15, -0.1) is 0 Å². The summed E-state index contributed by atoms with van der Waals surface area (Å²) < 4.78 is 0.